The second-order valence-electron chi connectivity index (χ2n) is 4.78. The van der Waals surface area contributed by atoms with Gasteiger partial charge in [0.25, 0.3) is 0 Å². The molecule has 0 aromatic rings. The van der Waals surface area contributed by atoms with Crippen LogP contribution in [0.15, 0.2) is 0 Å². The quantitative estimate of drug-likeness (QED) is 0.679. The van der Waals surface area contributed by atoms with Crippen molar-refractivity contribution in [3.63, 3.8) is 0 Å². The first-order valence-electron chi connectivity index (χ1n) is 5.12. The number of rotatable bonds is 6. The first-order valence-corrected chi connectivity index (χ1v) is 7.37. The molecule has 0 unspecified atom stereocenters. The van der Waals surface area contributed by atoms with E-state index in [0.717, 1.165) is 0 Å². The minimum atomic E-state index is -2.95. The molecule has 0 radical (unpaired) electrons. The average Bonchev–Trinajstić information content (AvgIpc) is 2.13. The Morgan fingerprint density at radius 3 is 2.13 bits per heavy atom. The van der Waals surface area contributed by atoms with Gasteiger partial charge in [-0.15, -0.1) is 11.6 Å². The summed E-state index contributed by atoms with van der Waals surface area (Å²) in [4.78, 5) is 1.99. The van der Waals surface area contributed by atoms with E-state index in [9.17, 15) is 8.42 Å². The molecular weight excluding hydrogens is 234 g/mol. The van der Waals surface area contributed by atoms with E-state index in [-0.39, 0.29) is 16.5 Å². The van der Waals surface area contributed by atoms with Crippen LogP contribution in [0, 0.1) is 0 Å². The van der Waals surface area contributed by atoms with E-state index in [0.29, 0.717) is 12.4 Å². The van der Waals surface area contributed by atoms with Gasteiger partial charge in [0.15, 0.2) is 9.84 Å². The molecule has 0 aromatic heterocycles. The number of hydrogen-bond acceptors (Lipinski definition) is 3. The molecule has 0 aliphatic heterocycles. The number of alkyl halides is 1. The molecule has 92 valence electrons. The van der Waals surface area contributed by atoms with Gasteiger partial charge in [-0.1, -0.05) is 0 Å². The molecule has 0 bridgehead atoms. The fourth-order valence-corrected chi connectivity index (χ4v) is 2.11. The van der Waals surface area contributed by atoms with E-state index in [1.54, 1.807) is 13.8 Å². The minimum absolute atomic E-state index is 0.159. The predicted molar refractivity (Wildman–Crippen MR) is 66.4 cm³/mol. The second kappa shape index (κ2) is 5.51. The van der Waals surface area contributed by atoms with Crippen molar-refractivity contribution in [3.8, 4) is 0 Å². The number of halogens is 1. The largest absolute Gasteiger partial charge is 0.299 e. The lowest BCUT2D eigenvalue weighted by atomic mass is 10.1. The third-order valence-electron chi connectivity index (χ3n) is 2.79. The molecule has 3 nitrogen and oxygen atoms in total. The molecule has 0 saturated heterocycles. The molecule has 15 heavy (non-hydrogen) atoms. The summed E-state index contributed by atoms with van der Waals surface area (Å²) in [5, 5.41) is -0.301. The summed E-state index contributed by atoms with van der Waals surface area (Å²) in [5.74, 6) is 0.687. The normalized spacial score (nSPS) is 13.9. The maximum Gasteiger partial charge on any atom is 0.153 e. The van der Waals surface area contributed by atoms with Crippen LogP contribution in [0.25, 0.3) is 0 Å². The Labute approximate surface area is 98.7 Å². The van der Waals surface area contributed by atoms with Gasteiger partial charge in [0, 0.05) is 18.0 Å². The molecule has 0 fully saturated rings. The molecule has 0 aliphatic rings. The van der Waals surface area contributed by atoms with Gasteiger partial charge in [0.05, 0.1) is 11.0 Å². The van der Waals surface area contributed by atoms with Crippen LogP contribution < -0.4 is 0 Å². The average molecular weight is 256 g/mol. The first kappa shape index (κ1) is 15.2. The van der Waals surface area contributed by atoms with Crippen LogP contribution in [0.4, 0.5) is 0 Å². The molecule has 0 amide bonds. The van der Waals surface area contributed by atoms with Crippen molar-refractivity contribution in [2.75, 3.05) is 25.2 Å². The van der Waals surface area contributed by atoms with Crippen LogP contribution in [0.5, 0.6) is 0 Å². The highest BCUT2D eigenvalue weighted by Gasteiger charge is 2.24. The molecular formula is C10H22ClNO2S. The highest BCUT2D eigenvalue weighted by atomic mass is 35.5. The zero-order valence-electron chi connectivity index (χ0n) is 10.2. The third kappa shape index (κ3) is 4.70. The monoisotopic (exact) mass is 255 g/mol. The maximum absolute atomic E-state index is 11.6. The van der Waals surface area contributed by atoms with Gasteiger partial charge in [-0.2, -0.15) is 0 Å². The molecule has 0 N–H and O–H groups in total. The van der Waals surface area contributed by atoms with Crippen molar-refractivity contribution in [3.05, 3.63) is 0 Å². The summed E-state index contributed by atoms with van der Waals surface area (Å²) in [7, 11) is -1.05. The van der Waals surface area contributed by atoms with Crippen molar-refractivity contribution in [1.29, 1.82) is 0 Å². The Kier molecular flexibility index (Phi) is 5.58. The van der Waals surface area contributed by atoms with Gasteiger partial charge in [0.2, 0.25) is 0 Å². The van der Waals surface area contributed by atoms with Gasteiger partial charge in [-0.25, -0.2) is 8.42 Å². The van der Waals surface area contributed by atoms with Crippen molar-refractivity contribution >= 4 is 21.4 Å². The number of sulfone groups is 1. The van der Waals surface area contributed by atoms with E-state index < -0.39 is 9.84 Å². The molecule has 0 spiro atoms. The van der Waals surface area contributed by atoms with E-state index in [1.807, 2.05) is 25.8 Å². The molecule has 0 aromatic carbocycles. The van der Waals surface area contributed by atoms with Crippen LogP contribution in [-0.4, -0.2) is 49.3 Å². The number of hydrogen-bond donors (Lipinski definition) is 0. The molecule has 5 heteroatoms. The first-order chi connectivity index (χ1) is 6.63. The van der Waals surface area contributed by atoms with Crippen molar-refractivity contribution in [2.24, 2.45) is 0 Å². The zero-order chi connectivity index (χ0) is 12.3. The maximum atomic E-state index is 11.6. The van der Waals surface area contributed by atoms with Crippen LogP contribution in [0.1, 0.15) is 27.7 Å². The summed E-state index contributed by atoms with van der Waals surface area (Å²) >= 11 is 5.81. The van der Waals surface area contributed by atoms with Gasteiger partial charge >= 0.3 is 0 Å². The van der Waals surface area contributed by atoms with Crippen LogP contribution >= 0.6 is 11.6 Å². The fourth-order valence-electron chi connectivity index (χ4n) is 0.905. The van der Waals surface area contributed by atoms with Crippen molar-refractivity contribution < 1.29 is 8.42 Å². The molecule has 0 atom stereocenters. The van der Waals surface area contributed by atoms with E-state index >= 15 is 0 Å². The van der Waals surface area contributed by atoms with E-state index in [1.165, 1.54) is 0 Å². The molecule has 0 heterocycles. The van der Waals surface area contributed by atoms with E-state index in [4.69, 9.17) is 11.6 Å². The highest BCUT2D eigenvalue weighted by molar-refractivity contribution is 7.92. The summed E-state index contributed by atoms with van der Waals surface area (Å²) in [6, 6.07) is 0. The Balaban J connectivity index is 4.30. The smallest absolute Gasteiger partial charge is 0.153 e. The standard InChI is InChI=1S/C10H22ClNO2S/c1-9(2)15(13,14)7-6-12(5)10(3,4)8-11/h9H,6-8H2,1-5H3. The summed E-state index contributed by atoms with van der Waals surface area (Å²) in [5.41, 5.74) is -0.159. The lowest BCUT2D eigenvalue weighted by Crippen LogP contribution is -2.45. The SMILES string of the molecule is CC(C)S(=O)(=O)CCN(C)C(C)(C)CCl. The minimum Gasteiger partial charge on any atom is -0.299 e. The van der Waals surface area contributed by atoms with Gasteiger partial charge < -0.3 is 0 Å². The lowest BCUT2D eigenvalue weighted by molar-refractivity contribution is 0.190. The summed E-state index contributed by atoms with van der Waals surface area (Å²) in [6.45, 7) is 7.95. The van der Waals surface area contributed by atoms with Crippen LogP contribution in [0.3, 0.4) is 0 Å². The molecule has 0 saturated carbocycles. The predicted octanol–water partition coefficient (Wildman–Crippen LogP) is 1.76. The van der Waals surface area contributed by atoms with E-state index in [2.05, 4.69) is 0 Å². The van der Waals surface area contributed by atoms with Gasteiger partial charge in [-0.05, 0) is 34.7 Å². The Bertz CT molecular complexity index is 286. The van der Waals surface area contributed by atoms with Gasteiger partial charge in [0.1, 0.15) is 0 Å². The van der Waals surface area contributed by atoms with Crippen LogP contribution in [-0.2, 0) is 9.84 Å². The summed E-state index contributed by atoms with van der Waals surface area (Å²) in [6.07, 6.45) is 0. The number of nitrogens with zero attached hydrogens (tertiary/aromatic N) is 1. The Morgan fingerprint density at radius 2 is 1.80 bits per heavy atom. The Hall–Kier alpha value is 0.200. The topological polar surface area (TPSA) is 37.4 Å². The molecule has 0 rings (SSSR count). The van der Waals surface area contributed by atoms with Crippen molar-refractivity contribution in [1.82, 2.24) is 4.90 Å². The zero-order valence-corrected chi connectivity index (χ0v) is 11.8. The Morgan fingerprint density at radius 1 is 1.33 bits per heavy atom. The molecule has 0 aliphatic carbocycles. The highest BCUT2D eigenvalue weighted by Crippen LogP contribution is 2.14. The van der Waals surface area contributed by atoms with Crippen LogP contribution in [0.2, 0.25) is 0 Å². The third-order valence-corrected chi connectivity index (χ3v) is 5.63. The lowest BCUT2D eigenvalue weighted by Gasteiger charge is -2.33. The fraction of sp³-hybridized carbons (Fsp3) is 1.00. The van der Waals surface area contributed by atoms with Crippen molar-refractivity contribution in [2.45, 2.75) is 38.5 Å². The summed E-state index contributed by atoms with van der Waals surface area (Å²) < 4.78 is 23.2. The second-order valence-corrected chi connectivity index (χ2v) is 7.73. The van der Waals surface area contributed by atoms with Gasteiger partial charge in [-0.3, -0.25) is 4.90 Å².